The molecule has 8 atom stereocenters. The lowest BCUT2D eigenvalue weighted by molar-refractivity contribution is -0.385. The van der Waals surface area contributed by atoms with Crippen LogP contribution in [0.3, 0.4) is 0 Å². The number of thioether (sulfide) groups is 1. The molecule has 4 aliphatic rings. The Kier molecular flexibility index (Phi) is 6.47. The fourth-order valence-electron chi connectivity index (χ4n) is 7.65. The zero-order valence-corrected chi connectivity index (χ0v) is 24.1. The molecule has 222 valence electrons. The molecule has 7 rings (SSSR count). The van der Waals surface area contributed by atoms with E-state index in [9.17, 15) is 38.8 Å². The summed E-state index contributed by atoms with van der Waals surface area (Å²) in [6.07, 6.45) is 0.570. The number of nitrogens with zero attached hydrogens (tertiary/aromatic N) is 2. The Labute approximate surface area is 251 Å². The predicted molar refractivity (Wildman–Crippen MR) is 151 cm³/mol. The molecule has 3 heterocycles. The number of nitro benzene ring substituents is 1. The number of fused-ring (bicyclic) bond motifs is 9. The number of nitrogens with one attached hydrogen (secondary N) is 1. The number of rotatable bonds is 7. The predicted octanol–water partition coefficient (Wildman–Crippen LogP) is 4.01. The molecule has 0 radical (unpaired) electrons. The Morgan fingerprint density at radius 2 is 1.86 bits per heavy atom. The van der Waals surface area contributed by atoms with Crippen molar-refractivity contribution in [2.75, 3.05) is 0 Å². The number of hydrogen-bond donors (Lipinski definition) is 2. The number of ether oxygens (including phenoxy) is 1. The van der Waals surface area contributed by atoms with Crippen molar-refractivity contribution in [2.24, 2.45) is 29.6 Å². The number of halogens is 1. The number of nitro groups is 1. The molecular formula is C29H24FN3O8S2. The summed E-state index contributed by atoms with van der Waals surface area (Å²) in [6.45, 7) is 1.38. The second-order valence-electron chi connectivity index (χ2n) is 11.4. The molecule has 1 saturated heterocycles. The van der Waals surface area contributed by atoms with Crippen LogP contribution >= 0.6 is 23.1 Å². The summed E-state index contributed by atoms with van der Waals surface area (Å²) in [4.78, 5) is 67.0. The normalized spacial score (nSPS) is 29.3. The van der Waals surface area contributed by atoms with Gasteiger partial charge in [-0.05, 0) is 54.9 Å². The number of likely N-dealkylation sites (tertiary alicyclic amines) is 1. The van der Waals surface area contributed by atoms with Crippen LogP contribution in [0, 0.1) is 45.5 Å². The van der Waals surface area contributed by atoms with Gasteiger partial charge in [0.1, 0.15) is 24.2 Å². The van der Waals surface area contributed by atoms with E-state index in [1.54, 1.807) is 12.1 Å². The van der Waals surface area contributed by atoms with Gasteiger partial charge >= 0.3 is 10.8 Å². The highest BCUT2D eigenvalue weighted by molar-refractivity contribution is 8.00. The van der Waals surface area contributed by atoms with E-state index >= 15 is 0 Å². The van der Waals surface area contributed by atoms with Gasteiger partial charge in [0.15, 0.2) is 0 Å². The van der Waals surface area contributed by atoms with E-state index in [1.165, 1.54) is 49.0 Å². The number of carboxylic acids is 1. The number of carbonyl (C=O) groups is 3. The van der Waals surface area contributed by atoms with E-state index in [0.29, 0.717) is 33.2 Å². The number of imide groups is 1. The van der Waals surface area contributed by atoms with Crippen LogP contribution < -0.4 is 9.61 Å². The zero-order valence-electron chi connectivity index (χ0n) is 22.5. The van der Waals surface area contributed by atoms with Gasteiger partial charge in [-0.3, -0.25) is 29.4 Å². The lowest BCUT2D eigenvalue weighted by atomic mass is 9.68. The molecule has 2 aliphatic carbocycles. The molecule has 0 spiro atoms. The molecule has 1 aromatic heterocycles. The van der Waals surface area contributed by atoms with E-state index in [1.807, 2.05) is 0 Å². The number of carbonyl (C=O) groups excluding carboxylic acids is 2. The van der Waals surface area contributed by atoms with E-state index in [0.717, 1.165) is 16.2 Å². The van der Waals surface area contributed by atoms with Gasteiger partial charge in [0.05, 0.1) is 21.8 Å². The molecule has 2 N–H and O–H groups in total. The Morgan fingerprint density at radius 3 is 2.53 bits per heavy atom. The summed E-state index contributed by atoms with van der Waals surface area (Å²) >= 11 is 2.46. The summed E-state index contributed by atoms with van der Waals surface area (Å²) in [5, 5.41) is 21.9. The molecule has 2 aliphatic heterocycles. The highest BCUT2D eigenvalue weighted by Crippen LogP contribution is 2.69. The van der Waals surface area contributed by atoms with Crippen LogP contribution in [-0.2, 0) is 21.0 Å². The minimum absolute atomic E-state index is 0.0582. The maximum Gasteiger partial charge on any atom is 0.326 e. The van der Waals surface area contributed by atoms with Crippen molar-refractivity contribution in [1.82, 2.24) is 9.88 Å². The van der Waals surface area contributed by atoms with Crippen molar-refractivity contribution >= 4 is 46.6 Å². The Balaban J connectivity index is 1.33. The van der Waals surface area contributed by atoms with Gasteiger partial charge in [0.2, 0.25) is 11.8 Å². The monoisotopic (exact) mass is 625 g/mol. The van der Waals surface area contributed by atoms with Crippen molar-refractivity contribution in [1.29, 1.82) is 0 Å². The number of H-pyrrole nitrogens is 1. The van der Waals surface area contributed by atoms with E-state index in [2.05, 4.69) is 4.98 Å². The first-order chi connectivity index (χ1) is 20.5. The van der Waals surface area contributed by atoms with Crippen LogP contribution in [0.25, 0.3) is 0 Å². The maximum absolute atomic E-state index is 13.6. The second kappa shape index (κ2) is 10.0. The molecule has 2 bridgehead atoms. The van der Waals surface area contributed by atoms with Gasteiger partial charge in [-0.2, -0.15) is 0 Å². The highest BCUT2D eigenvalue weighted by atomic mass is 32.2. The number of aromatic amines is 1. The first-order valence-corrected chi connectivity index (χ1v) is 15.4. The fourth-order valence-corrected chi connectivity index (χ4v) is 10.5. The standard InChI is InChI=1S/C29H24FN3O8S2/c1-11(28(36)37)32-26(34)21-16-9-17(22(21)27(32)35)23-20(16)19(24-25(42-23)31-29(38)43-24)15-8-14(33(39)40)6-7-18(15)41-10-12-2-4-13(30)5-3-12/h2-8,11,16-17,19-23H,9-10H2,1H3,(H,31,38)(H,36,37)/t11-,16-,17-,19-,20-,21+,22-,23-/m1/s1. The largest absolute Gasteiger partial charge is 0.489 e. The van der Waals surface area contributed by atoms with Crippen molar-refractivity contribution in [3.63, 3.8) is 0 Å². The molecule has 43 heavy (non-hydrogen) atoms. The molecular weight excluding hydrogens is 601 g/mol. The first kappa shape index (κ1) is 27.8. The van der Waals surface area contributed by atoms with Crippen LogP contribution in [0.15, 0.2) is 52.3 Å². The molecule has 14 heteroatoms. The lowest BCUT2D eigenvalue weighted by Gasteiger charge is -2.43. The molecule has 2 aromatic carbocycles. The summed E-state index contributed by atoms with van der Waals surface area (Å²) < 4.78 is 19.6. The molecule has 2 saturated carbocycles. The molecule has 11 nitrogen and oxygen atoms in total. The number of carboxylic acid groups (broad SMARTS) is 1. The summed E-state index contributed by atoms with van der Waals surface area (Å²) in [5.74, 6) is -5.03. The van der Waals surface area contributed by atoms with Crippen LogP contribution in [0.1, 0.15) is 35.3 Å². The first-order valence-electron chi connectivity index (χ1n) is 13.7. The van der Waals surface area contributed by atoms with Crippen molar-refractivity contribution in [2.45, 2.75) is 42.2 Å². The molecule has 2 amide bonds. The lowest BCUT2D eigenvalue weighted by Crippen LogP contribution is -2.44. The van der Waals surface area contributed by atoms with Crippen LogP contribution in [0.4, 0.5) is 10.1 Å². The summed E-state index contributed by atoms with van der Waals surface area (Å²) in [6, 6.07) is 8.76. The Hall–Kier alpha value is -4.04. The minimum Gasteiger partial charge on any atom is -0.489 e. The van der Waals surface area contributed by atoms with Crippen molar-refractivity contribution < 1.29 is 33.5 Å². The quantitative estimate of drug-likeness (QED) is 0.225. The fraction of sp³-hybridized carbons (Fsp3) is 0.379. The summed E-state index contributed by atoms with van der Waals surface area (Å²) in [5.41, 5.74) is 0.998. The van der Waals surface area contributed by atoms with Crippen molar-refractivity contribution in [3.8, 4) is 5.75 Å². The van der Waals surface area contributed by atoms with Gasteiger partial charge in [-0.15, -0.1) is 11.8 Å². The molecule has 0 unspecified atom stereocenters. The third-order valence-corrected chi connectivity index (χ3v) is 11.9. The third kappa shape index (κ3) is 4.21. The number of benzene rings is 2. The Morgan fingerprint density at radius 1 is 1.16 bits per heavy atom. The van der Waals surface area contributed by atoms with Gasteiger partial charge in [0, 0.05) is 33.7 Å². The van der Waals surface area contributed by atoms with E-state index in [-0.39, 0.29) is 40.2 Å². The number of amides is 2. The van der Waals surface area contributed by atoms with Crippen LogP contribution in [0.5, 0.6) is 5.75 Å². The second-order valence-corrected chi connectivity index (χ2v) is 13.6. The van der Waals surface area contributed by atoms with Crippen LogP contribution in [-0.4, -0.2) is 49.0 Å². The van der Waals surface area contributed by atoms with Crippen molar-refractivity contribution in [3.05, 3.63) is 84.1 Å². The number of aromatic nitrogens is 1. The summed E-state index contributed by atoms with van der Waals surface area (Å²) in [7, 11) is 0. The van der Waals surface area contributed by atoms with Gasteiger partial charge in [-0.25, -0.2) is 9.18 Å². The number of thiazole rings is 1. The SMILES string of the molecule is C[C@H](C(=O)O)N1C(=O)[C@@H]2[C@H]3C[C@@H]([C@@H]2C1=O)[C@@H]1[C@@H](c2cc([N+](=O)[O-])ccc2OCc2ccc(F)cc2)c2sc(=O)[nH]c2S[C@H]31. The van der Waals surface area contributed by atoms with Crippen LogP contribution in [0.2, 0.25) is 0 Å². The highest BCUT2D eigenvalue weighted by Gasteiger charge is 2.70. The molecule has 3 aromatic rings. The number of aliphatic carboxylic acids is 1. The molecule has 3 fully saturated rings. The average molecular weight is 626 g/mol. The Bertz CT molecular complexity index is 1760. The zero-order chi connectivity index (χ0) is 30.3. The number of hydrogen-bond acceptors (Lipinski definition) is 9. The average Bonchev–Trinajstić information content (AvgIpc) is 3.71. The third-order valence-electron chi connectivity index (χ3n) is 9.35. The van der Waals surface area contributed by atoms with E-state index < -0.39 is 52.3 Å². The number of non-ortho nitro benzene ring substituents is 1. The maximum atomic E-state index is 13.6. The topological polar surface area (TPSA) is 160 Å². The van der Waals surface area contributed by atoms with E-state index in [4.69, 9.17) is 4.74 Å². The smallest absolute Gasteiger partial charge is 0.326 e. The van der Waals surface area contributed by atoms with Gasteiger partial charge < -0.3 is 14.8 Å². The minimum atomic E-state index is -1.29. The van der Waals surface area contributed by atoms with Gasteiger partial charge in [-0.1, -0.05) is 23.5 Å². The van der Waals surface area contributed by atoms with Gasteiger partial charge in [0.25, 0.3) is 5.69 Å².